The van der Waals surface area contributed by atoms with Gasteiger partial charge in [-0.15, -0.1) is 0 Å². The Balaban J connectivity index is 1.58. The van der Waals surface area contributed by atoms with E-state index in [0.29, 0.717) is 10.8 Å². The summed E-state index contributed by atoms with van der Waals surface area (Å²) in [6, 6.07) is 11.0. The van der Waals surface area contributed by atoms with E-state index in [4.69, 9.17) is 4.74 Å². The van der Waals surface area contributed by atoms with Crippen molar-refractivity contribution in [3.05, 3.63) is 35.9 Å². The SMILES string of the molecule is CN=C(NCC1(NC(C)c2ccccc2)CCOCC1)NCC1(C)CCCS1. The number of nitrogens with one attached hydrogen (secondary N) is 3. The Bertz CT molecular complexity index is 625. The first-order valence-corrected chi connectivity index (χ1v) is 11.5. The van der Waals surface area contributed by atoms with Gasteiger partial charge < -0.3 is 20.7 Å². The number of thioether (sulfide) groups is 1. The van der Waals surface area contributed by atoms with E-state index in [1.54, 1.807) is 0 Å². The molecule has 1 aromatic rings. The third-order valence-electron chi connectivity index (χ3n) is 6.02. The Kier molecular flexibility index (Phi) is 7.66. The molecule has 5 nitrogen and oxygen atoms in total. The second-order valence-corrected chi connectivity index (χ2v) is 10.0. The highest BCUT2D eigenvalue weighted by atomic mass is 32.2. The molecule has 2 heterocycles. The van der Waals surface area contributed by atoms with Crippen LogP contribution in [0.25, 0.3) is 0 Å². The summed E-state index contributed by atoms with van der Waals surface area (Å²) in [7, 11) is 1.86. The highest BCUT2D eigenvalue weighted by molar-refractivity contribution is 8.00. The van der Waals surface area contributed by atoms with Crippen LogP contribution in [0.15, 0.2) is 35.3 Å². The second kappa shape index (κ2) is 9.99. The molecule has 0 amide bonds. The van der Waals surface area contributed by atoms with Crippen LogP contribution in [0.5, 0.6) is 0 Å². The lowest BCUT2D eigenvalue weighted by Crippen LogP contribution is -2.58. The van der Waals surface area contributed by atoms with Gasteiger partial charge in [0.1, 0.15) is 0 Å². The first kappa shape index (κ1) is 21.5. The van der Waals surface area contributed by atoms with Crippen molar-refractivity contribution in [1.82, 2.24) is 16.0 Å². The summed E-state index contributed by atoms with van der Waals surface area (Å²) in [5.41, 5.74) is 1.33. The highest BCUT2D eigenvalue weighted by Crippen LogP contribution is 2.36. The summed E-state index contributed by atoms with van der Waals surface area (Å²) < 4.78 is 5.98. The van der Waals surface area contributed by atoms with Crippen LogP contribution in [0.1, 0.15) is 51.1 Å². The Morgan fingerprint density at radius 1 is 1.14 bits per heavy atom. The molecule has 2 atom stereocenters. The maximum absolute atomic E-state index is 5.66. The molecule has 28 heavy (non-hydrogen) atoms. The van der Waals surface area contributed by atoms with Crippen molar-refractivity contribution in [2.24, 2.45) is 4.99 Å². The van der Waals surface area contributed by atoms with Gasteiger partial charge in [0.25, 0.3) is 0 Å². The van der Waals surface area contributed by atoms with E-state index >= 15 is 0 Å². The van der Waals surface area contributed by atoms with E-state index < -0.39 is 0 Å². The summed E-state index contributed by atoms with van der Waals surface area (Å²) in [5.74, 6) is 2.17. The molecule has 0 radical (unpaired) electrons. The minimum Gasteiger partial charge on any atom is -0.381 e. The molecule has 1 aromatic carbocycles. The third kappa shape index (κ3) is 5.88. The molecule has 0 aliphatic carbocycles. The lowest BCUT2D eigenvalue weighted by molar-refractivity contribution is 0.0355. The van der Waals surface area contributed by atoms with Gasteiger partial charge in [-0.25, -0.2) is 0 Å². The summed E-state index contributed by atoms with van der Waals surface area (Å²) in [6.45, 7) is 8.01. The summed E-state index contributed by atoms with van der Waals surface area (Å²) in [5, 5.41) is 11.0. The number of guanidine groups is 1. The maximum atomic E-state index is 5.66. The van der Waals surface area contributed by atoms with Crippen molar-refractivity contribution in [3.8, 4) is 0 Å². The minimum absolute atomic E-state index is 0.0110. The molecule has 0 bridgehead atoms. The highest BCUT2D eigenvalue weighted by Gasteiger charge is 2.34. The van der Waals surface area contributed by atoms with Crippen LogP contribution in [0.2, 0.25) is 0 Å². The number of hydrogen-bond donors (Lipinski definition) is 3. The average molecular weight is 405 g/mol. The Hall–Kier alpha value is -1.24. The molecule has 156 valence electrons. The molecule has 3 rings (SSSR count). The minimum atomic E-state index is 0.0110. The van der Waals surface area contributed by atoms with Gasteiger partial charge in [-0.05, 0) is 50.8 Å². The van der Waals surface area contributed by atoms with Crippen LogP contribution in [0, 0.1) is 0 Å². The Morgan fingerprint density at radius 3 is 2.50 bits per heavy atom. The van der Waals surface area contributed by atoms with Gasteiger partial charge in [-0.2, -0.15) is 11.8 Å². The quantitative estimate of drug-likeness (QED) is 0.481. The molecule has 2 aliphatic heterocycles. The summed E-state index contributed by atoms with van der Waals surface area (Å²) >= 11 is 2.07. The monoisotopic (exact) mass is 404 g/mol. The number of ether oxygens (including phenoxy) is 1. The van der Waals surface area contributed by atoms with Gasteiger partial charge in [-0.1, -0.05) is 30.3 Å². The lowest BCUT2D eigenvalue weighted by atomic mass is 9.88. The van der Waals surface area contributed by atoms with E-state index in [0.717, 1.165) is 45.1 Å². The standard InChI is InChI=1S/C22H36N4OS/c1-18(19-8-5-4-6-9-19)26-22(11-13-27-14-12-22)17-25-20(23-3)24-16-21(2)10-7-15-28-21/h4-6,8-9,18,26H,7,10-17H2,1-3H3,(H2,23,24,25). The molecular weight excluding hydrogens is 368 g/mol. The molecule has 6 heteroatoms. The zero-order chi connectivity index (χ0) is 19.9. The van der Waals surface area contributed by atoms with Gasteiger partial charge in [0.2, 0.25) is 0 Å². The topological polar surface area (TPSA) is 57.7 Å². The summed E-state index contributed by atoms with van der Waals surface area (Å²) in [4.78, 5) is 4.46. The van der Waals surface area contributed by atoms with Crippen LogP contribution in [-0.2, 0) is 4.74 Å². The van der Waals surface area contributed by atoms with E-state index in [-0.39, 0.29) is 5.54 Å². The lowest BCUT2D eigenvalue weighted by Gasteiger charge is -2.41. The number of hydrogen-bond acceptors (Lipinski definition) is 4. The number of benzene rings is 1. The maximum Gasteiger partial charge on any atom is 0.191 e. The van der Waals surface area contributed by atoms with Crippen LogP contribution in [0.4, 0.5) is 0 Å². The number of aliphatic imine (C=N–C) groups is 1. The molecule has 0 aromatic heterocycles. The molecule has 2 unspecified atom stereocenters. The molecule has 2 aliphatic rings. The second-order valence-electron chi connectivity index (χ2n) is 8.35. The Labute approximate surface area is 174 Å². The van der Waals surface area contributed by atoms with Gasteiger partial charge in [0.15, 0.2) is 5.96 Å². The van der Waals surface area contributed by atoms with Crippen molar-refractivity contribution in [2.75, 3.05) is 39.1 Å². The smallest absolute Gasteiger partial charge is 0.191 e. The van der Waals surface area contributed by atoms with E-state index in [1.165, 1.54) is 24.2 Å². The largest absolute Gasteiger partial charge is 0.381 e. The fourth-order valence-electron chi connectivity index (χ4n) is 4.14. The fourth-order valence-corrected chi connectivity index (χ4v) is 5.38. The predicted molar refractivity (Wildman–Crippen MR) is 120 cm³/mol. The number of rotatable bonds is 7. The van der Waals surface area contributed by atoms with Gasteiger partial charge >= 0.3 is 0 Å². The van der Waals surface area contributed by atoms with E-state index in [2.05, 4.69) is 76.9 Å². The molecule has 0 saturated carbocycles. The van der Waals surface area contributed by atoms with Crippen LogP contribution < -0.4 is 16.0 Å². The summed E-state index contributed by atoms with van der Waals surface area (Å²) in [6.07, 6.45) is 4.60. The zero-order valence-electron chi connectivity index (χ0n) is 17.6. The average Bonchev–Trinajstić information content (AvgIpc) is 3.16. The van der Waals surface area contributed by atoms with Crippen molar-refractivity contribution < 1.29 is 4.74 Å². The van der Waals surface area contributed by atoms with Crippen LogP contribution in [0.3, 0.4) is 0 Å². The fraction of sp³-hybridized carbons (Fsp3) is 0.682. The van der Waals surface area contributed by atoms with Gasteiger partial charge in [0.05, 0.1) is 0 Å². The molecule has 3 N–H and O–H groups in total. The first-order chi connectivity index (χ1) is 13.5. The normalized spacial score (nSPS) is 26.0. The molecule has 0 spiro atoms. The van der Waals surface area contributed by atoms with Crippen molar-refractivity contribution in [3.63, 3.8) is 0 Å². The molecule has 2 fully saturated rings. The van der Waals surface area contributed by atoms with Crippen molar-refractivity contribution >= 4 is 17.7 Å². The molecule has 2 saturated heterocycles. The Morgan fingerprint density at radius 2 is 1.86 bits per heavy atom. The number of nitrogens with zero attached hydrogens (tertiary/aromatic N) is 1. The van der Waals surface area contributed by atoms with E-state index in [9.17, 15) is 0 Å². The zero-order valence-corrected chi connectivity index (χ0v) is 18.4. The van der Waals surface area contributed by atoms with Crippen LogP contribution in [-0.4, -0.2) is 55.3 Å². The van der Waals surface area contributed by atoms with Gasteiger partial charge in [-0.3, -0.25) is 4.99 Å². The first-order valence-electron chi connectivity index (χ1n) is 10.5. The van der Waals surface area contributed by atoms with Crippen LogP contribution >= 0.6 is 11.8 Å². The van der Waals surface area contributed by atoms with Crippen molar-refractivity contribution in [2.45, 2.75) is 55.9 Å². The predicted octanol–water partition coefficient (Wildman–Crippen LogP) is 3.34. The molecular formula is C22H36N4OS. The third-order valence-corrected chi connectivity index (χ3v) is 7.56. The van der Waals surface area contributed by atoms with E-state index in [1.807, 2.05) is 7.05 Å². The van der Waals surface area contributed by atoms with Crippen molar-refractivity contribution in [1.29, 1.82) is 0 Å². The van der Waals surface area contributed by atoms with Gasteiger partial charge in [0, 0.05) is 49.7 Å².